The van der Waals surface area contributed by atoms with Crippen molar-refractivity contribution >= 4 is 0 Å². The highest BCUT2D eigenvalue weighted by atomic mass is 16.3. The van der Waals surface area contributed by atoms with E-state index in [4.69, 9.17) is 0 Å². The number of rotatable bonds is 6. The lowest BCUT2D eigenvalue weighted by molar-refractivity contribution is 0.412. The van der Waals surface area contributed by atoms with Gasteiger partial charge in [0.25, 0.3) is 0 Å². The molecule has 0 radical (unpaired) electrons. The second kappa shape index (κ2) is 5.98. The predicted octanol–water partition coefficient (Wildman–Crippen LogP) is 5.55. The van der Waals surface area contributed by atoms with E-state index >= 15 is 0 Å². The molecule has 0 aromatic heterocycles. The summed E-state index contributed by atoms with van der Waals surface area (Å²) >= 11 is 0. The summed E-state index contributed by atoms with van der Waals surface area (Å²) in [6, 6.07) is 6.29. The summed E-state index contributed by atoms with van der Waals surface area (Å²) in [5.74, 6) is 0.458. The van der Waals surface area contributed by atoms with Gasteiger partial charge in [-0.05, 0) is 40.9 Å². The molecule has 0 aliphatic rings. The van der Waals surface area contributed by atoms with Crippen LogP contribution in [0.4, 0.5) is 0 Å². The summed E-state index contributed by atoms with van der Waals surface area (Å²) in [6.45, 7) is 13.3. The summed E-state index contributed by atoms with van der Waals surface area (Å²) in [6.07, 6.45) is 4.54. The molecule has 1 aromatic rings. The lowest BCUT2D eigenvalue weighted by Gasteiger charge is -2.29. The third kappa shape index (κ3) is 3.75. The monoisotopic (exact) mass is 262 g/mol. The van der Waals surface area contributed by atoms with Crippen LogP contribution < -0.4 is 0 Å². The average Bonchev–Trinajstić information content (AvgIpc) is 2.28. The maximum atomic E-state index is 10.4. The first-order chi connectivity index (χ1) is 8.74. The molecule has 0 bridgehead atoms. The van der Waals surface area contributed by atoms with E-state index in [9.17, 15) is 5.11 Å². The van der Waals surface area contributed by atoms with Crippen molar-refractivity contribution in [3.05, 3.63) is 29.3 Å². The zero-order valence-electron chi connectivity index (χ0n) is 13.5. The molecule has 0 saturated heterocycles. The van der Waals surface area contributed by atoms with Crippen molar-refractivity contribution in [3.8, 4) is 5.75 Å². The van der Waals surface area contributed by atoms with Crippen molar-refractivity contribution in [3.63, 3.8) is 0 Å². The van der Waals surface area contributed by atoms with Crippen LogP contribution in [-0.2, 0) is 10.8 Å². The van der Waals surface area contributed by atoms with Gasteiger partial charge < -0.3 is 5.11 Å². The van der Waals surface area contributed by atoms with Crippen LogP contribution >= 0.6 is 0 Å². The van der Waals surface area contributed by atoms with E-state index in [0.717, 1.165) is 31.2 Å². The number of phenolic OH excluding ortho intramolecular Hbond substituents is 1. The summed E-state index contributed by atoms with van der Waals surface area (Å²) in [7, 11) is 0. The van der Waals surface area contributed by atoms with Gasteiger partial charge in [-0.3, -0.25) is 0 Å². The van der Waals surface area contributed by atoms with Crippen LogP contribution in [0.1, 0.15) is 78.4 Å². The van der Waals surface area contributed by atoms with Crippen molar-refractivity contribution in [1.29, 1.82) is 0 Å². The number of hydrogen-bond donors (Lipinski definition) is 1. The van der Waals surface area contributed by atoms with Crippen LogP contribution in [0.2, 0.25) is 0 Å². The topological polar surface area (TPSA) is 20.2 Å². The molecule has 1 nitrogen and oxygen atoms in total. The maximum Gasteiger partial charge on any atom is 0.119 e. The Kier molecular flexibility index (Phi) is 5.06. The average molecular weight is 262 g/mol. The Balaban J connectivity index is 3.11. The van der Waals surface area contributed by atoms with Crippen molar-refractivity contribution in [2.24, 2.45) is 0 Å². The zero-order chi connectivity index (χ0) is 14.7. The third-order valence-electron chi connectivity index (χ3n) is 4.26. The summed E-state index contributed by atoms with van der Waals surface area (Å²) in [5, 5.41) is 10.4. The first-order valence-corrected chi connectivity index (χ1v) is 7.58. The second-order valence-electron chi connectivity index (χ2n) is 7.00. The molecule has 0 heterocycles. The molecule has 0 spiro atoms. The molecule has 1 heteroatoms. The summed E-state index contributed by atoms with van der Waals surface area (Å²) < 4.78 is 0. The largest absolute Gasteiger partial charge is 0.508 e. The molecular formula is C18H30O. The summed E-state index contributed by atoms with van der Waals surface area (Å²) in [5.41, 5.74) is 2.50. The first kappa shape index (κ1) is 16.1. The van der Waals surface area contributed by atoms with Gasteiger partial charge in [-0.15, -0.1) is 0 Å². The van der Waals surface area contributed by atoms with Crippen molar-refractivity contribution in [2.75, 3.05) is 0 Å². The quantitative estimate of drug-likeness (QED) is 0.713. The fraction of sp³-hybridized carbons (Fsp3) is 0.667. The lowest BCUT2D eigenvalue weighted by Crippen LogP contribution is -2.19. The van der Waals surface area contributed by atoms with Crippen LogP contribution in [-0.4, -0.2) is 5.11 Å². The standard InChI is InChI=1S/C18H30O/c1-7-11-17(3,4)14-9-10-15(16(19)13-14)18(5,6)12-8-2/h9-10,13,19H,7-8,11-12H2,1-6H3. The van der Waals surface area contributed by atoms with Gasteiger partial charge in [-0.25, -0.2) is 0 Å². The van der Waals surface area contributed by atoms with Gasteiger partial charge in [0.1, 0.15) is 5.75 Å². The normalized spacial score (nSPS) is 12.7. The van der Waals surface area contributed by atoms with E-state index in [2.05, 4.69) is 53.7 Å². The number of hydrogen-bond acceptors (Lipinski definition) is 1. The first-order valence-electron chi connectivity index (χ1n) is 7.58. The molecule has 0 aliphatic heterocycles. The molecule has 1 N–H and O–H groups in total. The molecular weight excluding hydrogens is 232 g/mol. The molecule has 1 aromatic carbocycles. The van der Waals surface area contributed by atoms with Crippen LogP contribution in [0.25, 0.3) is 0 Å². The molecule has 0 fully saturated rings. The van der Waals surface area contributed by atoms with Gasteiger partial charge >= 0.3 is 0 Å². The van der Waals surface area contributed by atoms with E-state index in [1.165, 1.54) is 5.56 Å². The Morgan fingerprint density at radius 3 is 1.89 bits per heavy atom. The minimum atomic E-state index is 0.0479. The Morgan fingerprint density at radius 2 is 1.42 bits per heavy atom. The van der Waals surface area contributed by atoms with Crippen LogP contribution in [0, 0.1) is 0 Å². The molecule has 0 unspecified atom stereocenters. The highest BCUT2D eigenvalue weighted by Crippen LogP contribution is 2.38. The van der Waals surface area contributed by atoms with E-state index in [1.807, 2.05) is 6.07 Å². The Bertz CT molecular complexity index is 416. The van der Waals surface area contributed by atoms with E-state index < -0.39 is 0 Å². The Labute approximate surface area is 119 Å². The third-order valence-corrected chi connectivity index (χ3v) is 4.26. The number of benzene rings is 1. The Hall–Kier alpha value is -0.980. The molecule has 108 valence electrons. The van der Waals surface area contributed by atoms with Crippen molar-refractivity contribution < 1.29 is 5.11 Å². The highest BCUT2D eigenvalue weighted by Gasteiger charge is 2.25. The van der Waals surface area contributed by atoms with Crippen LogP contribution in [0.15, 0.2) is 18.2 Å². The van der Waals surface area contributed by atoms with Gasteiger partial charge in [0.2, 0.25) is 0 Å². The molecule has 0 saturated carbocycles. The number of aromatic hydroxyl groups is 1. The second-order valence-corrected chi connectivity index (χ2v) is 7.00. The fourth-order valence-corrected chi connectivity index (χ4v) is 3.05. The molecule has 0 amide bonds. The van der Waals surface area contributed by atoms with E-state index in [0.29, 0.717) is 5.75 Å². The van der Waals surface area contributed by atoms with E-state index in [1.54, 1.807) is 0 Å². The SMILES string of the molecule is CCCC(C)(C)c1ccc(C(C)(C)CCC)c(O)c1. The zero-order valence-corrected chi connectivity index (χ0v) is 13.5. The number of phenols is 1. The van der Waals surface area contributed by atoms with Gasteiger partial charge in [-0.2, -0.15) is 0 Å². The maximum absolute atomic E-state index is 10.4. The molecule has 19 heavy (non-hydrogen) atoms. The smallest absolute Gasteiger partial charge is 0.119 e. The van der Waals surface area contributed by atoms with Gasteiger partial charge in [-0.1, -0.05) is 66.5 Å². The fourth-order valence-electron chi connectivity index (χ4n) is 3.05. The minimum Gasteiger partial charge on any atom is -0.508 e. The molecule has 0 aliphatic carbocycles. The summed E-state index contributed by atoms with van der Waals surface area (Å²) in [4.78, 5) is 0. The molecule has 1 rings (SSSR count). The van der Waals surface area contributed by atoms with Gasteiger partial charge in [0, 0.05) is 0 Å². The van der Waals surface area contributed by atoms with Crippen LogP contribution in [0.5, 0.6) is 5.75 Å². The predicted molar refractivity (Wildman–Crippen MR) is 84.0 cm³/mol. The van der Waals surface area contributed by atoms with E-state index in [-0.39, 0.29) is 10.8 Å². The van der Waals surface area contributed by atoms with Crippen LogP contribution in [0.3, 0.4) is 0 Å². The van der Waals surface area contributed by atoms with Gasteiger partial charge in [0.15, 0.2) is 0 Å². The lowest BCUT2D eigenvalue weighted by atomic mass is 9.76. The van der Waals surface area contributed by atoms with Crippen molar-refractivity contribution in [1.82, 2.24) is 0 Å². The van der Waals surface area contributed by atoms with Gasteiger partial charge in [0.05, 0.1) is 0 Å². The Morgan fingerprint density at radius 1 is 0.895 bits per heavy atom. The molecule has 0 atom stereocenters. The highest BCUT2D eigenvalue weighted by molar-refractivity contribution is 5.43. The minimum absolute atomic E-state index is 0.0479. The van der Waals surface area contributed by atoms with Crippen molar-refractivity contribution in [2.45, 2.75) is 78.1 Å².